The number of rotatable bonds is 8. The van der Waals surface area contributed by atoms with Gasteiger partial charge in [0.15, 0.2) is 0 Å². The van der Waals surface area contributed by atoms with Gasteiger partial charge in [-0.2, -0.15) is 0 Å². The Morgan fingerprint density at radius 3 is 2.60 bits per heavy atom. The van der Waals surface area contributed by atoms with Gasteiger partial charge in [0.1, 0.15) is 0 Å². The summed E-state index contributed by atoms with van der Waals surface area (Å²) in [6.45, 7) is 4.53. The van der Waals surface area contributed by atoms with E-state index in [9.17, 15) is 13.5 Å². The third-order valence-electron chi connectivity index (χ3n) is 3.11. The number of ether oxygens (including phenoxy) is 1. The van der Waals surface area contributed by atoms with Crippen molar-refractivity contribution in [3.05, 3.63) is 29.3 Å². The zero-order chi connectivity index (χ0) is 15.2. The molecule has 1 aromatic rings. The first-order valence-corrected chi connectivity index (χ1v) is 8.14. The molecule has 0 fully saturated rings. The molecule has 0 radical (unpaired) electrons. The molecule has 0 aliphatic carbocycles. The lowest BCUT2D eigenvalue weighted by Crippen LogP contribution is -2.30. The lowest BCUT2D eigenvalue weighted by atomic mass is 10.1. The van der Waals surface area contributed by atoms with Gasteiger partial charge in [-0.1, -0.05) is 19.9 Å². The zero-order valence-electron chi connectivity index (χ0n) is 12.2. The van der Waals surface area contributed by atoms with E-state index in [2.05, 4.69) is 4.72 Å². The Labute approximate surface area is 121 Å². The molecule has 5 nitrogen and oxygen atoms in total. The van der Waals surface area contributed by atoms with Crippen LogP contribution in [-0.2, 0) is 27.8 Å². The molecule has 0 spiro atoms. The van der Waals surface area contributed by atoms with Crippen LogP contribution in [0.5, 0.6) is 0 Å². The summed E-state index contributed by atoms with van der Waals surface area (Å²) in [4.78, 5) is 0.184. The summed E-state index contributed by atoms with van der Waals surface area (Å²) in [5.74, 6) is 0.0991. The Bertz CT molecular complexity index is 528. The maximum Gasteiger partial charge on any atom is 0.240 e. The summed E-state index contributed by atoms with van der Waals surface area (Å²) in [5.41, 5.74) is 1.61. The van der Waals surface area contributed by atoms with Gasteiger partial charge >= 0.3 is 0 Å². The minimum Gasteiger partial charge on any atom is -0.392 e. The highest BCUT2D eigenvalue weighted by molar-refractivity contribution is 7.89. The molecule has 0 aliphatic heterocycles. The molecule has 2 N–H and O–H groups in total. The van der Waals surface area contributed by atoms with Crippen LogP contribution in [0.2, 0.25) is 0 Å². The van der Waals surface area contributed by atoms with Crippen LogP contribution >= 0.6 is 0 Å². The first-order chi connectivity index (χ1) is 9.44. The summed E-state index contributed by atoms with van der Waals surface area (Å²) in [7, 11) is -1.96. The summed E-state index contributed by atoms with van der Waals surface area (Å²) in [6.07, 6.45) is 0.758. The van der Waals surface area contributed by atoms with Crippen LogP contribution in [0, 0.1) is 5.92 Å². The third kappa shape index (κ3) is 4.56. The number of aliphatic hydroxyl groups excluding tert-OH is 1. The van der Waals surface area contributed by atoms with Gasteiger partial charge in [-0.25, -0.2) is 13.1 Å². The third-order valence-corrected chi connectivity index (χ3v) is 4.53. The summed E-state index contributed by atoms with van der Waals surface area (Å²) in [5, 5.41) is 9.30. The maximum absolute atomic E-state index is 12.2. The lowest BCUT2D eigenvalue weighted by Gasteiger charge is -2.13. The molecule has 20 heavy (non-hydrogen) atoms. The smallest absolute Gasteiger partial charge is 0.240 e. The Hall–Kier alpha value is -0.950. The summed E-state index contributed by atoms with van der Waals surface area (Å²) >= 11 is 0. The van der Waals surface area contributed by atoms with Crippen LogP contribution in [0.15, 0.2) is 23.1 Å². The van der Waals surface area contributed by atoms with Crippen LogP contribution in [0.4, 0.5) is 0 Å². The minimum atomic E-state index is -3.55. The molecular weight excluding hydrogens is 278 g/mol. The number of hydrogen-bond donors (Lipinski definition) is 2. The van der Waals surface area contributed by atoms with Gasteiger partial charge in [0.25, 0.3) is 0 Å². The van der Waals surface area contributed by atoms with Gasteiger partial charge in [0.05, 0.1) is 11.5 Å². The van der Waals surface area contributed by atoms with Crippen molar-refractivity contribution in [2.45, 2.75) is 31.8 Å². The zero-order valence-corrected chi connectivity index (χ0v) is 13.0. The van der Waals surface area contributed by atoms with Gasteiger partial charge in [0, 0.05) is 20.3 Å². The van der Waals surface area contributed by atoms with Crippen molar-refractivity contribution in [2.24, 2.45) is 5.92 Å². The number of aliphatic hydroxyl groups is 1. The fourth-order valence-electron chi connectivity index (χ4n) is 1.94. The van der Waals surface area contributed by atoms with E-state index in [4.69, 9.17) is 4.74 Å². The summed E-state index contributed by atoms with van der Waals surface area (Å²) < 4.78 is 31.9. The molecule has 0 saturated carbocycles. The van der Waals surface area contributed by atoms with E-state index < -0.39 is 10.0 Å². The predicted octanol–water partition coefficient (Wildman–Crippen LogP) is 1.30. The second kappa shape index (κ2) is 7.73. The standard InChI is InChI=1S/C14H23NO4S/c1-4-12-5-6-14(7-13(12)9-16)20(17,18)15-8-11(2)10-19-3/h5-7,11,15-16H,4,8-10H2,1-3H3. The van der Waals surface area contributed by atoms with Gasteiger partial charge < -0.3 is 9.84 Å². The van der Waals surface area contributed by atoms with Gasteiger partial charge in [-0.3, -0.25) is 0 Å². The molecule has 0 aliphatic rings. The number of nitrogens with one attached hydrogen (secondary N) is 1. The first kappa shape index (κ1) is 17.1. The van der Waals surface area contributed by atoms with Crippen LogP contribution in [0.25, 0.3) is 0 Å². The van der Waals surface area contributed by atoms with Crippen LogP contribution in [0.3, 0.4) is 0 Å². The topological polar surface area (TPSA) is 75.6 Å². The molecule has 6 heteroatoms. The highest BCUT2D eigenvalue weighted by Crippen LogP contribution is 2.17. The maximum atomic E-state index is 12.2. The van der Waals surface area contributed by atoms with E-state index in [1.807, 2.05) is 13.8 Å². The number of benzene rings is 1. The molecule has 0 aromatic heterocycles. The first-order valence-electron chi connectivity index (χ1n) is 6.65. The van der Waals surface area contributed by atoms with Crippen molar-refractivity contribution in [1.29, 1.82) is 0 Å². The van der Waals surface area contributed by atoms with Crippen molar-refractivity contribution in [1.82, 2.24) is 4.72 Å². The minimum absolute atomic E-state index is 0.0991. The molecule has 0 saturated heterocycles. The molecule has 1 unspecified atom stereocenters. The van der Waals surface area contributed by atoms with Crippen LogP contribution in [-0.4, -0.2) is 33.8 Å². The number of sulfonamides is 1. The fourth-order valence-corrected chi connectivity index (χ4v) is 3.16. The van der Waals surface area contributed by atoms with E-state index in [1.165, 1.54) is 6.07 Å². The van der Waals surface area contributed by atoms with Gasteiger partial charge in [-0.15, -0.1) is 0 Å². The SMILES string of the molecule is CCc1ccc(S(=O)(=O)NCC(C)COC)cc1CO. The van der Waals surface area contributed by atoms with E-state index in [1.54, 1.807) is 19.2 Å². The average Bonchev–Trinajstić information content (AvgIpc) is 2.44. The molecule has 0 bridgehead atoms. The Balaban J connectivity index is 2.87. The normalized spacial score (nSPS) is 13.4. The van der Waals surface area contributed by atoms with Gasteiger partial charge in [-0.05, 0) is 35.6 Å². The molecule has 1 aromatic carbocycles. The van der Waals surface area contributed by atoms with E-state index in [-0.39, 0.29) is 17.4 Å². The lowest BCUT2D eigenvalue weighted by molar-refractivity contribution is 0.161. The van der Waals surface area contributed by atoms with E-state index in [0.29, 0.717) is 18.7 Å². The Morgan fingerprint density at radius 1 is 1.35 bits per heavy atom. The monoisotopic (exact) mass is 301 g/mol. The second-order valence-corrected chi connectivity index (χ2v) is 6.62. The van der Waals surface area contributed by atoms with Crippen molar-refractivity contribution < 1.29 is 18.3 Å². The quantitative estimate of drug-likeness (QED) is 0.759. The largest absolute Gasteiger partial charge is 0.392 e. The fraction of sp³-hybridized carbons (Fsp3) is 0.571. The van der Waals surface area contributed by atoms with Gasteiger partial charge in [0.2, 0.25) is 10.0 Å². The van der Waals surface area contributed by atoms with Crippen LogP contribution in [0.1, 0.15) is 25.0 Å². The van der Waals surface area contributed by atoms with Crippen molar-refractivity contribution >= 4 is 10.0 Å². The number of aryl methyl sites for hydroxylation is 1. The Kier molecular flexibility index (Phi) is 6.61. The van der Waals surface area contributed by atoms with Crippen molar-refractivity contribution in [3.63, 3.8) is 0 Å². The number of methoxy groups -OCH3 is 1. The Morgan fingerprint density at radius 2 is 2.05 bits per heavy atom. The highest BCUT2D eigenvalue weighted by atomic mass is 32.2. The van der Waals surface area contributed by atoms with E-state index in [0.717, 1.165) is 12.0 Å². The molecule has 1 rings (SSSR count). The number of hydrogen-bond acceptors (Lipinski definition) is 4. The molecule has 114 valence electrons. The average molecular weight is 301 g/mol. The van der Waals surface area contributed by atoms with Crippen molar-refractivity contribution in [2.75, 3.05) is 20.3 Å². The summed E-state index contributed by atoms with van der Waals surface area (Å²) in [6, 6.07) is 4.85. The molecule has 1 atom stereocenters. The second-order valence-electron chi connectivity index (χ2n) is 4.85. The predicted molar refractivity (Wildman–Crippen MR) is 78.0 cm³/mol. The van der Waals surface area contributed by atoms with Crippen LogP contribution < -0.4 is 4.72 Å². The molecular formula is C14H23NO4S. The molecule has 0 heterocycles. The van der Waals surface area contributed by atoms with Crippen molar-refractivity contribution in [3.8, 4) is 0 Å². The highest BCUT2D eigenvalue weighted by Gasteiger charge is 2.16. The van der Waals surface area contributed by atoms with E-state index >= 15 is 0 Å². The molecule has 0 amide bonds.